The minimum Gasteiger partial charge on any atom is -0.392 e. The summed E-state index contributed by atoms with van der Waals surface area (Å²) in [5.41, 5.74) is 2.56. The van der Waals surface area contributed by atoms with Crippen LogP contribution < -0.4 is 10.6 Å². The Kier molecular flexibility index (Phi) is 4.19. The quantitative estimate of drug-likeness (QED) is 0.688. The first-order valence-corrected chi connectivity index (χ1v) is 7.58. The Morgan fingerprint density at radius 2 is 2.13 bits per heavy atom. The highest BCUT2D eigenvalue weighted by Gasteiger charge is 2.08. The lowest BCUT2D eigenvalue weighted by Gasteiger charge is -2.05. The van der Waals surface area contributed by atoms with Crippen LogP contribution in [-0.2, 0) is 6.61 Å². The molecular formula is C16H12N4O2S. The number of nitriles is 1. The lowest BCUT2D eigenvalue weighted by molar-refractivity contribution is 0.262. The average molecular weight is 324 g/mol. The van der Waals surface area contributed by atoms with E-state index in [2.05, 4.69) is 15.6 Å². The highest BCUT2D eigenvalue weighted by Crippen LogP contribution is 2.27. The zero-order valence-electron chi connectivity index (χ0n) is 11.9. The summed E-state index contributed by atoms with van der Waals surface area (Å²) in [4.78, 5) is 16.3. The van der Waals surface area contributed by atoms with Crippen molar-refractivity contribution in [3.05, 3.63) is 53.6 Å². The molecule has 1 aromatic heterocycles. The molecule has 0 aliphatic heterocycles. The number of benzene rings is 2. The minimum atomic E-state index is -0.429. The number of aliphatic hydroxyl groups is 1. The van der Waals surface area contributed by atoms with E-state index >= 15 is 0 Å². The highest BCUT2D eigenvalue weighted by molar-refractivity contribution is 7.22. The van der Waals surface area contributed by atoms with E-state index in [1.54, 1.807) is 36.4 Å². The van der Waals surface area contributed by atoms with Crippen molar-refractivity contribution in [1.82, 2.24) is 4.98 Å². The second kappa shape index (κ2) is 6.44. The van der Waals surface area contributed by atoms with Gasteiger partial charge in [-0.3, -0.25) is 5.32 Å². The van der Waals surface area contributed by atoms with E-state index in [0.717, 1.165) is 15.8 Å². The van der Waals surface area contributed by atoms with E-state index in [0.29, 0.717) is 16.4 Å². The maximum atomic E-state index is 12.0. The molecule has 0 spiro atoms. The van der Waals surface area contributed by atoms with E-state index in [4.69, 9.17) is 10.4 Å². The van der Waals surface area contributed by atoms with Gasteiger partial charge in [-0.1, -0.05) is 23.5 Å². The van der Waals surface area contributed by atoms with E-state index in [1.165, 1.54) is 11.3 Å². The number of fused-ring (bicyclic) bond motifs is 1. The Hall–Kier alpha value is -2.95. The third-order valence-corrected chi connectivity index (χ3v) is 4.04. The highest BCUT2D eigenvalue weighted by atomic mass is 32.1. The SMILES string of the molecule is N#Cc1cccc(NC(=O)Nc2nc3ccc(CO)cc3s2)c1. The van der Waals surface area contributed by atoms with Crippen molar-refractivity contribution >= 4 is 38.4 Å². The number of hydrogen-bond donors (Lipinski definition) is 3. The molecule has 3 aromatic rings. The zero-order valence-corrected chi connectivity index (χ0v) is 12.7. The zero-order chi connectivity index (χ0) is 16.2. The van der Waals surface area contributed by atoms with Crippen molar-refractivity contribution in [3.8, 4) is 6.07 Å². The van der Waals surface area contributed by atoms with Crippen LogP contribution in [0.15, 0.2) is 42.5 Å². The van der Waals surface area contributed by atoms with E-state index in [9.17, 15) is 4.79 Å². The molecule has 3 N–H and O–H groups in total. The van der Waals surface area contributed by atoms with Crippen LogP contribution >= 0.6 is 11.3 Å². The van der Waals surface area contributed by atoms with Crippen LogP contribution in [-0.4, -0.2) is 16.1 Å². The van der Waals surface area contributed by atoms with E-state index < -0.39 is 6.03 Å². The predicted molar refractivity (Wildman–Crippen MR) is 89.3 cm³/mol. The fraction of sp³-hybridized carbons (Fsp3) is 0.0625. The molecule has 3 rings (SSSR count). The van der Waals surface area contributed by atoms with Gasteiger partial charge in [0.1, 0.15) is 0 Å². The lowest BCUT2D eigenvalue weighted by Crippen LogP contribution is -2.19. The molecule has 114 valence electrons. The second-order valence-corrected chi connectivity index (χ2v) is 5.78. The van der Waals surface area contributed by atoms with Crippen molar-refractivity contribution in [2.45, 2.75) is 6.61 Å². The van der Waals surface area contributed by atoms with Crippen LogP contribution in [0.1, 0.15) is 11.1 Å². The van der Waals surface area contributed by atoms with Crippen LogP contribution in [0.4, 0.5) is 15.6 Å². The molecule has 1 heterocycles. The Balaban J connectivity index is 1.73. The first kappa shape index (κ1) is 15.0. The molecule has 0 aliphatic carbocycles. The molecule has 2 amide bonds. The summed E-state index contributed by atoms with van der Waals surface area (Å²) in [6.07, 6.45) is 0. The summed E-state index contributed by atoms with van der Waals surface area (Å²) in [6.45, 7) is -0.0354. The fourth-order valence-corrected chi connectivity index (χ4v) is 2.97. The van der Waals surface area contributed by atoms with Gasteiger partial charge in [-0.15, -0.1) is 0 Å². The molecule has 0 aliphatic rings. The normalized spacial score (nSPS) is 10.3. The number of aromatic nitrogens is 1. The average Bonchev–Trinajstić information content (AvgIpc) is 2.95. The number of hydrogen-bond acceptors (Lipinski definition) is 5. The van der Waals surface area contributed by atoms with Crippen LogP contribution in [0, 0.1) is 11.3 Å². The van der Waals surface area contributed by atoms with Gasteiger partial charge in [-0.25, -0.2) is 9.78 Å². The second-order valence-electron chi connectivity index (χ2n) is 4.75. The number of carbonyl (C=O) groups excluding carboxylic acids is 1. The van der Waals surface area contributed by atoms with Crippen molar-refractivity contribution in [1.29, 1.82) is 5.26 Å². The Bertz CT molecular complexity index is 914. The third kappa shape index (κ3) is 3.45. The number of amides is 2. The molecular weight excluding hydrogens is 312 g/mol. The molecule has 0 unspecified atom stereocenters. The molecule has 2 aromatic carbocycles. The van der Waals surface area contributed by atoms with Crippen LogP contribution in [0.2, 0.25) is 0 Å². The number of urea groups is 1. The first-order chi connectivity index (χ1) is 11.2. The Labute approximate surface area is 136 Å². The monoisotopic (exact) mass is 324 g/mol. The summed E-state index contributed by atoms with van der Waals surface area (Å²) >= 11 is 1.33. The molecule has 0 saturated heterocycles. The Morgan fingerprint density at radius 3 is 2.91 bits per heavy atom. The summed E-state index contributed by atoms with van der Waals surface area (Å²) < 4.78 is 0.887. The molecule has 0 saturated carbocycles. The van der Waals surface area contributed by atoms with Crippen molar-refractivity contribution in [2.24, 2.45) is 0 Å². The predicted octanol–water partition coefficient (Wildman–Crippen LogP) is 3.30. The van der Waals surface area contributed by atoms with Gasteiger partial charge in [-0.05, 0) is 35.9 Å². The minimum absolute atomic E-state index is 0.0354. The number of aliphatic hydroxyl groups excluding tert-OH is 1. The Morgan fingerprint density at radius 1 is 1.26 bits per heavy atom. The number of nitrogens with one attached hydrogen (secondary N) is 2. The number of rotatable bonds is 3. The van der Waals surface area contributed by atoms with E-state index in [-0.39, 0.29) is 6.61 Å². The number of nitrogens with zero attached hydrogens (tertiary/aromatic N) is 2. The summed E-state index contributed by atoms with van der Waals surface area (Å²) in [6, 6.07) is 13.7. The van der Waals surface area contributed by atoms with Crippen LogP contribution in [0.25, 0.3) is 10.2 Å². The number of anilines is 2. The molecule has 0 atom stereocenters. The third-order valence-electron chi connectivity index (χ3n) is 3.11. The smallest absolute Gasteiger partial charge is 0.325 e. The van der Waals surface area contributed by atoms with Gasteiger partial charge in [-0.2, -0.15) is 5.26 Å². The van der Waals surface area contributed by atoms with Gasteiger partial charge in [0, 0.05) is 5.69 Å². The lowest BCUT2D eigenvalue weighted by atomic mass is 10.2. The fourth-order valence-electron chi connectivity index (χ4n) is 2.05. The van der Waals surface area contributed by atoms with Gasteiger partial charge >= 0.3 is 6.03 Å². The molecule has 0 radical (unpaired) electrons. The van der Waals surface area contributed by atoms with Crippen molar-refractivity contribution in [3.63, 3.8) is 0 Å². The van der Waals surface area contributed by atoms with Gasteiger partial charge in [0.05, 0.1) is 28.5 Å². The molecule has 7 heteroatoms. The molecule has 0 bridgehead atoms. The molecule has 6 nitrogen and oxygen atoms in total. The number of thiazole rings is 1. The molecule has 23 heavy (non-hydrogen) atoms. The largest absolute Gasteiger partial charge is 0.392 e. The van der Waals surface area contributed by atoms with Gasteiger partial charge < -0.3 is 10.4 Å². The van der Waals surface area contributed by atoms with Crippen LogP contribution in [0.5, 0.6) is 0 Å². The van der Waals surface area contributed by atoms with Gasteiger partial charge in [0.15, 0.2) is 5.13 Å². The van der Waals surface area contributed by atoms with Crippen molar-refractivity contribution in [2.75, 3.05) is 10.6 Å². The van der Waals surface area contributed by atoms with Crippen LogP contribution in [0.3, 0.4) is 0 Å². The summed E-state index contributed by atoms with van der Waals surface area (Å²) in [5.74, 6) is 0. The standard InChI is InChI=1S/C16H12N4O2S/c17-8-10-2-1-3-12(6-10)18-15(22)20-16-19-13-5-4-11(9-21)7-14(13)23-16/h1-7,21H,9H2,(H2,18,19,20,22). The topological polar surface area (TPSA) is 98.0 Å². The summed E-state index contributed by atoms with van der Waals surface area (Å²) in [5, 5.41) is 23.8. The molecule has 0 fully saturated rings. The first-order valence-electron chi connectivity index (χ1n) is 6.76. The van der Waals surface area contributed by atoms with Crippen molar-refractivity contribution < 1.29 is 9.90 Å². The summed E-state index contributed by atoms with van der Waals surface area (Å²) in [7, 11) is 0. The van der Waals surface area contributed by atoms with Gasteiger partial charge in [0.2, 0.25) is 0 Å². The maximum absolute atomic E-state index is 12.0. The number of carbonyl (C=O) groups is 1. The maximum Gasteiger partial charge on any atom is 0.325 e. The van der Waals surface area contributed by atoms with E-state index in [1.807, 2.05) is 12.1 Å². The van der Waals surface area contributed by atoms with Gasteiger partial charge in [0.25, 0.3) is 0 Å².